The predicted molar refractivity (Wildman–Crippen MR) is 53.5 cm³/mol. The fourth-order valence-corrected chi connectivity index (χ4v) is 1.85. The van der Waals surface area contributed by atoms with Gasteiger partial charge < -0.3 is 5.11 Å². The first-order valence-corrected chi connectivity index (χ1v) is 4.79. The summed E-state index contributed by atoms with van der Waals surface area (Å²) >= 11 is 3.24. The van der Waals surface area contributed by atoms with Crippen molar-refractivity contribution in [2.45, 2.75) is 6.42 Å². The van der Waals surface area contributed by atoms with Gasteiger partial charge in [0.2, 0.25) is 5.83 Å². The zero-order valence-corrected chi connectivity index (χ0v) is 8.64. The van der Waals surface area contributed by atoms with E-state index in [2.05, 4.69) is 15.9 Å². The fourth-order valence-electron chi connectivity index (χ4n) is 1.44. The fraction of sp³-hybridized carbons (Fsp3) is 0.100. The maximum atomic E-state index is 13.0. The van der Waals surface area contributed by atoms with Gasteiger partial charge in [0.1, 0.15) is 0 Å². The molecule has 0 aliphatic heterocycles. The molecule has 0 unspecified atom stereocenters. The van der Waals surface area contributed by atoms with Gasteiger partial charge in [-0.3, -0.25) is 4.79 Å². The van der Waals surface area contributed by atoms with Gasteiger partial charge in [0.25, 0.3) is 0 Å². The van der Waals surface area contributed by atoms with Crippen molar-refractivity contribution in [1.29, 1.82) is 0 Å². The summed E-state index contributed by atoms with van der Waals surface area (Å²) in [5.41, 5.74) is 1.04. The van der Waals surface area contributed by atoms with Crippen LogP contribution in [0.4, 0.5) is 4.39 Å². The summed E-state index contributed by atoms with van der Waals surface area (Å²) in [7, 11) is 0. The van der Waals surface area contributed by atoms with Crippen molar-refractivity contribution in [3.05, 3.63) is 39.6 Å². The number of carbonyl (C=O) groups is 1. The van der Waals surface area contributed by atoms with Crippen molar-refractivity contribution in [2.75, 3.05) is 0 Å². The topological polar surface area (TPSA) is 37.3 Å². The highest BCUT2D eigenvalue weighted by molar-refractivity contribution is 9.10. The van der Waals surface area contributed by atoms with Crippen LogP contribution in [0.1, 0.15) is 11.1 Å². The molecular formula is C10H6BrFO2. The smallest absolute Gasteiger partial charge is 0.208 e. The summed E-state index contributed by atoms with van der Waals surface area (Å²) in [4.78, 5) is 11.1. The molecule has 0 bridgehead atoms. The lowest BCUT2D eigenvalue weighted by molar-refractivity contribution is -0.116. The van der Waals surface area contributed by atoms with Gasteiger partial charge in [-0.1, -0.05) is 15.9 Å². The van der Waals surface area contributed by atoms with Gasteiger partial charge >= 0.3 is 0 Å². The molecule has 0 atom stereocenters. The van der Waals surface area contributed by atoms with Crippen LogP contribution in [-0.4, -0.2) is 10.9 Å². The summed E-state index contributed by atoms with van der Waals surface area (Å²) < 4.78 is 13.8. The molecule has 1 aliphatic rings. The molecule has 4 heteroatoms. The zero-order valence-electron chi connectivity index (χ0n) is 7.05. The maximum absolute atomic E-state index is 13.0. The number of hydrogen-bond acceptors (Lipinski definition) is 2. The molecule has 14 heavy (non-hydrogen) atoms. The summed E-state index contributed by atoms with van der Waals surface area (Å²) in [6.07, 6.45) is 0.00463. The highest BCUT2D eigenvalue weighted by Gasteiger charge is 2.25. The van der Waals surface area contributed by atoms with Gasteiger partial charge in [-0.05, 0) is 23.8 Å². The molecule has 0 amide bonds. The quantitative estimate of drug-likeness (QED) is 0.775. The Labute approximate surface area is 88.2 Å². The van der Waals surface area contributed by atoms with E-state index in [0.717, 1.165) is 4.47 Å². The first kappa shape index (κ1) is 9.40. The molecule has 2 rings (SSSR count). The predicted octanol–water partition coefficient (Wildman–Crippen LogP) is 2.77. The number of carbonyl (C=O) groups excluding carboxylic acids is 1. The number of aliphatic hydroxyl groups excluding tert-OH is 1. The number of fused-ring (bicyclic) bond motifs is 1. The molecule has 0 aromatic heterocycles. The van der Waals surface area contributed by atoms with E-state index in [4.69, 9.17) is 0 Å². The minimum absolute atomic E-state index is 0.00463. The number of aliphatic hydroxyl groups is 1. The Balaban J connectivity index is 2.65. The molecule has 0 fully saturated rings. The van der Waals surface area contributed by atoms with Crippen LogP contribution in [0.5, 0.6) is 0 Å². The van der Waals surface area contributed by atoms with Crippen LogP contribution in [0.25, 0.3) is 5.76 Å². The van der Waals surface area contributed by atoms with Crippen LogP contribution < -0.4 is 0 Å². The lowest BCUT2D eigenvalue weighted by Crippen LogP contribution is -2.13. The van der Waals surface area contributed by atoms with E-state index in [1.54, 1.807) is 18.2 Å². The van der Waals surface area contributed by atoms with Gasteiger partial charge in [0.15, 0.2) is 11.5 Å². The summed E-state index contributed by atoms with van der Waals surface area (Å²) in [5, 5.41) is 9.36. The second-order valence-corrected chi connectivity index (χ2v) is 3.98. The maximum Gasteiger partial charge on any atom is 0.208 e. The van der Waals surface area contributed by atoms with Crippen molar-refractivity contribution in [2.24, 2.45) is 0 Å². The molecule has 1 aliphatic carbocycles. The number of ketones is 1. The molecule has 0 heterocycles. The van der Waals surface area contributed by atoms with Crippen LogP contribution in [0, 0.1) is 0 Å². The van der Waals surface area contributed by atoms with E-state index in [1.165, 1.54) is 0 Å². The van der Waals surface area contributed by atoms with Crippen molar-refractivity contribution >= 4 is 27.5 Å². The third-order valence-electron chi connectivity index (χ3n) is 2.13. The second-order valence-electron chi connectivity index (χ2n) is 3.06. The van der Waals surface area contributed by atoms with Gasteiger partial charge in [0, 0.05) is 16.5 Å². The standard InChI is InChI=1S/C10H6BrFO2/c11-6-1-2-7-5(3-6)4-8(13)9(12)10(7)14/h1-3,14H,4H2. The molecule has 1 aromatic rings. The number of halogens is 2. The van der Waals surface area contributed by atoms with Crippen LogP contribution >= 0.6 is 15.9 Å². The van der Waals surface area contributed by atoms with E-state index in [9.17, 15) is 14.3 Å². The highest BCUT2D eigenvalue weighted by Crippen LogP contribution is 2.30. The number of Topliss-reactive ketones (excluding diaryl/α,β-unsaturated/α-hetero) is 1. The number of benzene rings is 1. The van der Waals surface area contributed by atoms with E-state index < -0.39 is 17.4 Å². The van der Waals surface area contributed by atoms with E-state index in [-0.39, 0.29) is 6.42 Å². The number of hydrogen-bond donors (Lipinski definition) is 1. The molecular weight excluding hydrogens is 251 g/mol. The van der Waals surface area contributed by atoms with Crippen molar-refractivity contribution in [1.82, 2.24) is 0 Å². The summed E-state index contributed by atoms with van der Waals surface area (Å²) in [6.45, 7) is 0. The molecule has 0 radical (unpaired) electrons. The average Bonchev–Trinajstić information content (AvgIpc) is 2.14. The third kappa shape index (κ3) is 1.35. The Kier molecular flexibility index (Phi) is 2.15. The van der Waals surface area contributed by atoms with E-state index >= 15 is 0 Å². The minimum atomic E-state index is -1.04. The molecule has 0 saturated heterocycles. The van der Waals surface area contributed by atoms with Gasteiger partial charge in [-0.2, -0.15) is 4.39 Å². The minimum Gasteiger partial charge on any atom is -0.504 e. The lowest BCUT2D eigenvalue weighted by Gasteiger charge is -2.14. The Bertz CT molecular complexity index is 451. The molecule has 1 N–H and O–H groups in total. The van der Waals surface area contributed by atoms with Gasteiger partial charge in [-0.25, -0.2) is 0 Å². The molecule has 0 spiro atoms. The average molecular weight is 257 g/mol. The highest BCUT2D eigenvalue weighted by atomic mass is 79.9. The number of allylic oxidation sites excluding steroid dienone is 1. The third-order valence-corrected chi connectivity index (χ3v) is 2.62. The van der Waals surface area contributed by atoms with Crippen molar-refractivity contribution in [3.8, 4) is 0 Å². The van der Waals surface area contributed by atoms with Crippen LogP contribution in [0.2, 0.25) is 0 Å². The van der Waals surface area contributed by atoms with E-state index in [0.29, 0.717) is 11.1 Å². The Morgan fingerprint density at radius 3 is 2.86 bits per heavy atom. The van der Waals surface area contributed by atoms with E-state index in [1.807, 2.05) is 0 Å². The molecule has 72 valence electrons. The van der Waals surface area contributed by atoms with Gasteiger partial charge in [0.05, 0.1) is 0 Å². The SMILES string of the molecule is O=C1Cc2cc(Br)ccc2C(O)=C1F. The van der Waals surface area contributed by atoms with Crippen LogP contribution in [0.3, 0.4) is 0 Å². The van der Waals surface area contributed by atoms with Crippen LogP contribution in [0.15, 0.2) is 28.5 Å². The molecule has 2 nitrogen and oxygen atoms in total. The van der Waals surface area contributed by atoms with Crippen molar-refractivity contribution in [3.63, 3.8) is 0 Å². The summed E-state index contributed by atoms with van der Waals surface area (Å²) in [6, 6.07) is 4.98. The molecule has 1 aromatic carbocycles. The van der Waals surface area contributed by atoms with Crippen LogP contribution in [-0.2, 0) is 11.2 Å². The number of rotatable bonds is 0. The Hall–Kier alpha value is -1.16. The first-order valence-electron chi connectivity index (χ1n) is 4.00. The van der Waals surface area contributed by atoms with Crippen molar-refractivity contribution < 1.29 is 14.3 Å². The first-order chi connectivity index (χ1) is 6.59. The Morgan fingerprint density at radius 1 is 1.43 bits per heavy atom. The Morgan fingerprint density at radius 2 is 2.14 bits per heavy atom. The normalized spacial score (nSPS) is 15.7. The van der Waals surface area contributed by atoms with Gasteiger partial charge in [-0.15, -0.1) is 0 Å². The second kappa shape index (κ2) is 3.20. The monoisotopic (exact) mass is 256 g/mol. The zero-order chi connectivity index (χ0) is 10.3. The largest absolute Gasteiger partial charge is 0.504 e. The summed E-state index contributed by atoms with van der Waals surface area (Å²) in [5.74, 6) is -2.27. The lowest BCUT2D eigenvalue weighted by atomic mass is 9.94. The molecule has 0 saturated carbocycles.